The normalized spacial score (nSPS) is 17.9. The predicted octanol–water partition coefficient (Wildman–Crippen LogP) is 5.29. The van der Waals surface area contributed by atoms with Crippen LogP contribution in [0.15, 0.2) is 42.5 Å². The molecule has 2 heterocycles. The van der Waals surface area contributed by atoms with Crippen molar-refractivity contribution in [3.63, 3.8) is 0 Å². The molecule has 148 valence electrons. The minimum atomic E-state index is -2.86. The van der Waals surface area contributed by atoms with Gasteiger partial charge in [0.2, 0.25) is 0 Å². The van der Waals surface area contributed by atoms with Gasteiger partial charge in [-0.15, -0.1) is 11.3 Å². The molecular weight excluding hydrogens is 382 g/mol. The van der Waals surface area contributed by atoms with Gasteiger partial charge < -0.3 is 9.47 Å². The molecule has 1 aromatic heterocycles. The topological polar surface area (TPSA) is 34.6 Å². The molecule has 4 rings (SSSR count). The highest BCUT2D eigenvalue weighted by atomic mass is 32.1. The van der Waals surface area contributed by atoms with Gasteiger partial charge in [-0.3, -0.25) is 4.90 Å². The van der Waals surface area contributed by atoms with Crippen LogP contribution in [0.2, 0.25) is 0 Å². The maximum Gasteiger partial charge on any atom is 0.387 e. The van der Waals surface area contributed by atoms with Crippen molar-refractivity contribution in [1.29, 1.82) is 0 Å². The fraction of sp³-hybridized carbons (Fsp3) is 0.381. The van der Waals surface area contributed by atoms with Crippen molar-refractivity contribution in [3.8, 4) is 11.5 Å². The van der Waals surface area contributed by atoms with Gasteiger partial charge >= 0.3 is 6.61 Å². The number of fused-ring (bicyclic) bond motifs is 1. The Hall–Kier alpha value is -2.25. The van der Waals surface area contributed by atoms with Crippen LogP contribution in [0.1, 0.15) is 29.3 Å². The van der Waals surface area contributed by atoms with Crippen LogP contribution in [-0.2, 0) is 6.54 Å². The maximum atomic E-state index is 12.5. The average Bonchev–Trinajstić information content (AvgIpc) is 3.13. The quantitative estimate of drug-likeness (QED) is 0.559. The molecule has 0 bridgehead atoms. The van der Waals surface area contributed by atoms with Gasteiger partial charge in [0.15, 0.2) is 11.5 Å². The summed E-state index contributed by atoms with van der Waals surface area (Å²) >= 11 is 1.78. The molecule has 1 saturated heterocycles. The van der Waals surface area contributed by atoms with E-state index in [-0.39, 0.29) is 5.75 Å². The van der Waals surface area contributed by atoms with Crippen LogP contribution in [-0.4, -0.2) is 36.7 Å². The van der Waals surface area contributed by atoms with Crippen molar-refractivity contribution in [1.82, 2.24) is 9.88 Å². The number of alkyl halides is 2. The number of ether oxygens (including phenoxy) is 2. The Morgan fingerprint density at radius 3 is 2.86 bits per heavy atom. The second-order valence-corrected chi connectivity index (χ2v) is 8.02. The molecule has 4 nitrogen and oxygen atoms in total. The first kappa shape index (κ1) is 19.1. The molecule has 1 atom stereocenters. The molecule has 0 aliphatic carbocycles. The Balaban J connectivity index is 1.46. The molecular formula is C21H22F2N2O2S. The molecule has 0 saturated carbocycles. The number of rotatable bonds is 6. The van der Waals surface area contributed by atoms with Crippen LogP contribution in [0.25, 0.3) is 10.2 Å². The molecule has 0 unspecified atom stereocenters. The van der Waals surface area contributed by atoms with Crippen LogP contribution in [0.5, 0.6) is 11.5 Å². The standard InChI is InChI=1S/C21H22F2N2O2S/c1-26-18-11-14(8-9-17(18)27-21(22)23)12-25-10-4-5-15(13-25)20-24-16-6-2-3-7-19(16)28-20/h2-3,6-9,11,15,21H,4-5,10,12-13H2,1H3/t15-/m1/s1. The monoisotopic (exact) mass is 404 g/mol. The molecule has 0 spiro atoms. The second-order valence-electron chi connectivity index (χ2n) is 6.96. The summed E-state index contributed by atoms with van der Waals surface area (Å²) in [5.41, 5.74) is 2.09. The molecule has 2 aromatic carbocycles. The van der Waals surface area contributed by atoms with Crippen molar-refractivity contribution < 1.29 is 18.3 Å². The number of thiazole rings is 1. The number of likely N-dealkylation sites (tertiary alicyclic amines) is 1. The highest BCUT2D eigenvalue weighted by Crippen LogP contribution is 2.34. The Morgan fingerprint density at radius 2 is 2.07 bits per heavy atom. The maximum absolute atomic E-state index is 12.5. The van der Waals surface area contributed by atoms with E-state index < -0.39 is 6.61 Å². The van der Waals surface area contributed by atoms with E-state index in [0.29, 0.717) is 11.7 Å². The minimum Gasteiger partial charge on any atom is -0.493 e. The molecule has 0 N–H and O–H groups in total. The summed E-state index contributed by atoms with van der Waals surface area (Å²) in [5, 5.41) is 1.20. The van der Waals surface area contributed by atoms with E-state index in [1.54, 1.807) is 23.5 Å². The van der Waals surface area contributed by atoms with Crippen LogP contribution in [0.3, 0.4) is 0 Å². The van der Waals surface area contributed by atoms with Crippen molar-refractivity contribution in [2.24, 2.45) is 0 Å². The van der Waals surface area contributed by atoms with E-state index in [4.69, 9.17) is 9.72 Å². The lowest BCUT2D eigenvalue weighted by atomic mass is 9.98. The van der Waals surface area contributed by atoms with E-state index in [1.165, 1.54) is 16.8 Å². The molecule has 1 aliphatic rings. The smallest absolute Gasteiger partial charge is 0.387 e. The Bertz CT molecular complexity index is 914. The highest BCUT2D eigenvalue weighted by molar-refractivity contribution is 7.18. The summed E-state index contributed by atoms with van der Waals surface area (Å²) in [5.74, 6) is 0.819. The number of benzene rings is 2. The molecule has 3 aromatic rings. The number of hydrogen-bond acceptors (Lipinski definition) is 5. The summed E-state index contributed by atoms with van der Waals surface area (Å²) in [4.78, 5) is 7.22. The highest BCUT2D eigenvalue weighted by Gasteiger charge is 2.24. The first-order valence-corrected chi connectivity index (χ1v) is 10.1. The Kier molecular flexibility index (Phi) is 5.73. The second kappa shape index (κ2) is 8.41. The number of methoxy groups -OCH3 is 1. The zero-order chi connectivity index (χ0) is 19.5. The largest absolute Gasteiger partial charge is 0.493 e. The molecule has 1 aliphatic heterocycles. The number of halogens is 2. The van der Waals surface area contributed by atoms with E-state index in [2.05, 4.69) is 21.8 Å². The summed E-state index contributed by atoms with van der Waals surface area (Å²) in [6, 6.07) is 13.4. The fourth-order valence-electron chi connectivity index (χ4n) is 3.73. The van der Waals surface area contributed by atoms with E-state index in [0.717, 1.165) is 43.6 Å². The molecule has 1 fully saturated rings. The summed E-state index contributed by atoms with van der Waals surface area (Å²) in [7, 11) is 1.46. The van der Waals surface area contributed by atoms with Crippen molar-refractivity contribution in [2.75, 3.05) is 20.2 Å². The van der Waals surface area contributed by atoms with Gasteiger partial charge in [-0.2, -0.15) is 8.78 Å². The van der Waals surface area contributed by atoms with Crippen LogP contribution in [0.4, 0.5) is 8.78 Å². The molecule has 28 heavy (non-hydrogen) atoms. The zero-order valence-corrected chi connectivity index (χ0v) is 16.4. The summed E-state index contributed by atoms with van der Waals surface area (Å²) in [6.07, 6.45) is 2.26. The first-order chi connectivity index (χ1) is 13.6. The van der Waals surface area contributed by atoms with Gasteiger partial charge in [-0.25, -0.2) is 4.98 Å². The lowest BCUT2D eigenvalue weighted by Gasteiger charge is -2.31. The summed E-state index contributed by atoms with van der Waals surface area (Å²) in [6.45, 7) is -0.167. The van der Waals surface area contributed by atoms with Gasteiger partial charge in [0.05, 0.1) is 22.3 Å². The van der Waals surface area contributed by atoms with Gasteiger partial charge in [0.25, 0.3) is 0 Å². The fourth-order valence-corrected chi connectivity index (χ4v) is 4.82. The molecule has 0 radical (unpaired) electrons. The SMILES string of the molecule is COc1cc(CN2CCC[C@@H](c3nc4ccccc4s3)C2)ccc1OC(F)F. The lowest BCUT2D eigenvalue weighted by Crippen LogP contribution is -2.33. The third kappa shape index (κ3) is 4.25. The first-order valence-electron chi connectivity index (χ1n) is 9.32. The van der Waals surface area contributed by atoms with Gasteiger partial charge in [0, 0.05) is 19.0 Å². The van der Waals surface area contributed by atoms with Gasteiger partial charge in [-0.05, 0) is 49.2 Å². The number of aromatic nitrogens is 1. The van der Waals surface area contributed by atoms with Crippen LogP contribution >= 0.6 is 11.3 Å². The number of nitrogens with zero attached hydrogens (tertiary/aromatic N) is 2. The zero-order valence-electron chi connectivity index (χ0n) is 15.6. The van der Waals surface area contributed by atoms with Gasteiger partial charge in [0.1, 0.15) is 0 Å². The molecule has 7 heteroatoms. The minimum absolute atomic E-state index is 0.0623. The Labute approximate surface area is 166 Å². The van der Waals surface area contributed by atoms with Gasteiger partial charge in [-0.1, -0.05) is 18.2 Å². The number of piperidine rings is 1. The summed E-state index contributed by atoms with van der Waals surface area (Å²) < 4.78 is 36.0. The van der Waals surface area contributed by atoms with E-state index in [9.17, 15) is 8.78 Å². The lowest BCUT2D eigenvalue weighted by molar-refractivity contribution is -0.0512. The molecule has 0 amide bonds. The van der Waals surface area contributed by atoms with E-state index >= 15 is 0 Å². The van der Waals surface area contributed by atoms with E-state index in [1.807, 2.05) is 18.2 Å². The third-order valence-corrected chi connectivity index (χ3v) is 6.21. The van der Waals surface area contributed by atoms with Crippen molar-refractivity contribution in [3.05, 3.63) is 53.0 Å². The van der Waals surface area contributed by atoms with Crippen LogP contribution in [0, 0.1) is 0 Å². The van der Waals surface area contributed by atoms with Crippen LogP contribution < -0.4 is 9.47 Å². The Morgan fingerprint density at radius 1 is 1.21 bits per heavy atom. The third-order valence-electron chi connectivity index (χ3n) is 5.02. The predicted molar refractivity (Wildman–Crippen MR) is 106 cm³/mol. The van der Waals surface area contributed by atoms with Crippen molar-refractivity contribution in [2.45, 2.75) is 31.9 Å². The van der Waals surface area contributed by atoms with Crippen molar-refractivity contribution >= 4 is 21.6 Å². The number of hydrogen-bond donors (Lipinski definition) is 0. The number of para-hydroxylation sites is 1. The average molecular weight is 404 g/mol.